The van der Waals surface area contributed by atoms with Crippen LogP contribution in [-0.4, -0.2) is 20.7 Å². The van der Waals surface area contributed by atoms with E-state index in [1.54, 1.807) is 37.6 Å². The van der Waals surface area contributed by atoms with Crippen LogP contribution in [0.25, 0.3) is 0 Å². The molecule has 15 heavy (non-hydrogen) atoms. The van der Waals surface area contributed by atoms with Crippen molar-refractivity contribution in [1.29, 1.82) is 0 Å². The lowest BCUT2D eigenvalue weighted by Crippen LogP contribution is -2.16. The predicted octanol–water partition coefficient (Wildman–Crippen LogP) is 1.07. The quantitative estimate of drug-likeness (QED) is 0.792. The number of anilines is 1. The van der Waals surface area contributed by atoms with Gasteiger partial charge in [-0.1, -0.05) is 6.07 Å². The van der Waals surface area contributed by atoms with Gasteiger partial charge in [0.1, 0.15) is 11.5 Å². The highest BCUT2D eigenvalue weighted by Crippen LogP contribution is 2.04. The Labute approximate surface area is 86.8 Å². The molecule has 0 saturated carbocycles. The number of aromatic nitrogens is 3. The number of amides is 1. The van der Waals surface area contributed by atoms with Gasteiger partial charge in [-0.15, -0.1) is 0 Å². The first-order chi connectivity index (χ1) is 7.27. The second-order valence-electron chi connectivity index (χ2n) is 3.01. The molecular formula is C10H10N4O. The number of aryl methyl sites for hydroxylation is 1. The number of carbonyl (C=O) groups excluding carboxylic acids is 1. The lowest BCUT2D eigenvalue weighted by molar-refractivity contribution is 0.101. The minimum absolute atomic E-state index is 0.214. The van der Waals surface area contributed by atoms with Crippen molar-refractivity contribution in [2.24, 2.45) is 7.05 Å². The molecule has 5 nitrogen and oxygen atoms in total. The summed E-state index contributed by atoms with van der Waals surface area (Å²) >= 11 is 0. The van der Waals surface area contributed by atoms with E-state index < -0.39 is 0 Å². The van der Waals surface area contributed by atoms with Gasteiger partial charge >= 0.3 is 0 Å². The molecule has 1 N–H and O–H groups in total. The lowest BCUT2D eigenvalue weighted by atomic mass is 10.4. The minimum Gasteiger partial charge on any atom is -0.305 e. The van der Waals surface area contributed by atoms with E-state index in [0.29, 0.717) is 11.5 Å². The third-order valence-corrected chi connectivity index (χ3v) is 1.96. The zero-order valence-corrected chi connectivity index (χ0v) is 8.21. The minimum atomic E-state index is -0.214. The number of hydrogen-bond acceptors (Lipinski definition) is 3. The maximum Gasteiger partial charge on any atom is 0.275 e. The van der Waals surface area contributed by atoms with Gasteiger partial charge < -0.3 is 5.32 Å². The van der Waals surface area contributed by atoms with Crippen LogP contribution >= 0.6 is 0 Å². The Morgan fingerprint density at radius 1 is 1.33 bits per heavy atom. The monoisotopic (exact) mass is 202 g/mol. The maximum atomic E-state index is 11.7. The van der Waals surface area contributed by atoms with Crippen molar-refractivity contribution in [3.05, 3.63) is 42.4 Å². The molecule has 0 spiro atoms. The smallest absolute Gasteiger partial charge is 0.275 e. The Bertz CT molecular complexity index is 463. The largest absolute Gasteiger partial charge is 0.305 e. The van der Waals surface area contributed by atoms with E-state index in [4.69, 9.17) is 0 Å². The molecule has 2 rings (SSSR count). The second-order valence-corrected chi connectivity index (χ2v) is 3.01. The van der Waals surface area contributed by atoms with E-state index in [9.17, 15) is 4.79 Å². The zero-order valence-electron chi connectivity index (χ0n) is 8.21. The highest BCUT2D eigenvalue weighted by molar-refractivity contribution is 6.02. The first kappa shape index (κ1) is 9.39. The summed E-state index contributed by atoms with van der Waals surface area (Å²) in [5.41, 5.74) is 0.501. The van der Waals surface area contributed by atoms with Gasteiger partial charge in [0.15, 0.2) is 0 Å². The van der Waals surface area contributed by atoms with Gasteiger partial charge in [0, 0.05) is 19.4 Å². The predicted molar refractivity (Wildman–Crippen MR) is 55.4 cm³/mol. The number of rotatable bonds is 2. The summed E-state index contributed by atoms with van der Waals surface area (Å²) in [4.78, 5) is 15.7. The summed E-state index contributed by atoms with van der Waals surface area (Å²) in [7, 11) is 1.72. The van der Waals surface area contributed by atoms with Crippen LogP contribution < -0.4 is 5.32 Å². The molecule has 76 valence electrons. The van der Waals surface area contributed by atoms with E-state index >= 15 is 0 Å². The maximum absolute atomic E-state index is 11.7. The number of carbonyl (C=O) groups is 1. The number of hydrogen-bond donors (Lipinski definition) is 1. The third kappa shape index (κ3) is 2.01. The molecule has 1 amide bonds. The molecule has 0 aliphatic heterocycles. The van der Waals surface area contributed by atoms with Gasteiger partial charge in [0.25, 0.3) is 5.91 Å². The van der Waals surface area contributed by atoms with Crippen molar-refractivity contribution in [3.63, 3.8) is 0 Å². The highest BCUT2D eigenvalue weighted by Gasteiger charge is 2.09. The van der Waals surface area contributed by atoms with Gasteiger partial charge in [0.2, 0.25) is 0 Å². The van der Waals surface area contributed by atoms with Gasteiger partial charge in [-0.3, -0.25) is 9.48 Å². The van der Waals surface area contributed by atoms with Gasteiger partial charge in [-0.25, -0.2) is 4.98 Å². The molecule has 2 aromatic rings. The molecule has 0 aliphatic carbocycles. The van der Waals surface area contributed by atoms with Crippen LogP contribution in [0.4, 0.5) is 5.82 Å². The fourth-order valence-electron chi connectivity index (χ4n) is 1.21. The summed E-state index contributed by atoms with van der Waals surface area (Å²) in [6.07, 6.45) is 3.20. The Morgan fingerprint density at radius 2 is 2.20 bits per heavy atom. The summed E-state index contributed by atoms with van der Waals surface area (Å²) in [5.74, 6) is 0.317. The summed E-state index contributed by atoms with van der Waals surface area (Å²) in [5, 5.41) is 6.59. The molecule has 0 radical (unpaired) electrons. The lowest BCUT2D eigenvalue weighted by Gasteiger charge is -2.03. The van der Waals surface area contributed by atoms with E-state index in [1.807, 2.05) is 6.07 Å². The zero-order chi connectivity index (χ0) is 10.7. The fraction of sp³-hybridized carbons (Fsp3) is 0.100. The topological polar surface area (TPSA) is 59.8 Å². The normalized spacial score (nSPS) is 9.93. The van der Waals surface area contributed by atoms with Crippen LogP contribution in [-0.2, 0) is 7.05 Å². The average molecular weight is 202 g/mol. The SMILES string of the molecule is Cn1nccc1C(=O)Nc1ccccn1. The van der Waals surface area contributed by atoms with E-state index in [0.717, 1.165) is 0 Å². The van der Waals surface area contributed by atoms with Gasteiger partial charge in [-0.2, -0.15) is 5.10 Å². The first-order valence-corrected chi connectivity index (χ1v) is 4.48. The van der Waals surface area contributed by atoms with E-state index in [2.05, 4.69) is 15.4 Å². The third-order valence-electron chi connectivity index (χ3n) is 1.96. The molecule has 0 fully saturated rings. The average Bonchev–Trinajstić information content (AvgIpc) is 2.66. The highest BCUT2D eigenvalue weighted by atomic mass is 16.2. The summed E-state index contributed by atoms with van der Waals surface area (Å²) in [6.45, 7) is 0. The molecular weight excluding hydrogens is 192 g/mol. The molecule has 2 heterocycles. The van der Waals surface area contributed by atoms with Crippen LogP contribution in [0.15, 0.2) is 36.7 Å². The summed E-state index contributed by atoms with van der Waals surface area (Å²) < 4.78 is 1.51. The Hall–Kier alpha value is -2.17. The number of nitrogens with one attached hydrogen (secondary N) is 1. The Morgan fingerprint density at radius 3 is 2.80 bits per heavy atom. The van der Waals surface area contributed by atoms with Crippen molar-refractivity contribution in [3.8, 4) is 0 Å². The van der Waals surface area contributed by atoms with Crippen LogP contribution in [0.5, 0.6) is 0 Å². The molecule has 2 aromatic heterocycles. The van der Waals surface area contributed by atoms with Gasteiger partial charge in [-0.05, 0) is 18.2 Å². The van der Waals surface area contributed by atoms with Crippen molar-refractivity contribution in [1.82, 2.24) is 14.8 Å². The Balaban J connectivity index is 2.15. The van der Waals surface area contributed by atoms with E-state index in [-0.39, 0.29) is 5.91 Å². The van der Waals surface area contributed by atoms with Crippen LogP contribution in [0, 0.1) is 0 Å². The molecule has 0 atom stereocenters. The molecule has 0 aliphatic rings. The van der Waals surface area contributed by atoms with Crippen molar-refractivity contribution in [2.75, 3.05) is 5.32 Å². The first-order valence-electron chi connectivity index (χ1n) is 4.48. The van der Waals surface area contributed by atoms with Crippen molar-refractivity contribution in [2.45, 2.75) is 0 Å². The van der Waals surface area contributed by atoms with Crippen molar-refractivity contribution < 1.29 is 4.79 Å². The fourth-order valence-corrected chi connectivity index (χ4v) is 1.21. The van der Waals surface area contributed by atoms with Gasteiger partial charge in [0.05, 0.1) is 0 Å². The molecule has 0 unspecified atom stereocenters. The number of pyridine rings is 1. The molecule has 5 heteroatoms. The molecule has 0 aromatic carbocycles. The number of nitrogens with zero attached hydrogens (tertiary/aromatic N) is 3. The van der Waals surface area contributed by atoms with Crippen LogP contribution in [0.2, 0.25) is 0 Å². The second kappa shape index (κ2) is 3.91. The van der Waals surface area contributed by atoms with Crippen molar-refractivity contribution >= 4 is 11.7 Å². The van der Waals surface area contributed by atoms with E-state index in [1.165, 1.54) is 4.68 Å². The molecule has 0 bridgehead atoms. The Kier molecular flexibility index (Phi) is 2.45. The van der Waals surface area contributed by atoms with Crippen LogP contribution in [0.3, 0.4) is 0 Å². The molecule has 0 saturated heterocycles. The summed E-state index contributed by atoms with van der Waals surface area (Å²) in [6, 6.07) is 6.98. The standard InChI is InChI=1S/C10H10N4O/c1-14-8(5-7-12-14)10(15)13-9-4-2-3-6-11-9/h2-7H,1H3,(H,11,13,15). The van der Waals surface area contributed by atoms with Crippen LogP contribution in [0.1, 0.15) is 10.5 Å².